The van der Waals surface area contributed by atoms with Crippen molar-refractivity contribution in [1.82, 2.24) is 0 Å². The first kappa shape index (κ1) is 13.9. The van der Waals surface area contributed by atoms with Crippen LogP contribution in [0.25, 0.3) is 0 Å². The maximum atomic E-state index is 5.69. The maximum absolute atomic E-state index is 5.69. The number of hydrogen-bond donors (Lipinski definition) is 1. The number of rotatable bonds is 5. The lowest BCUT2D eigenvalue weighted by Gasteiger charge is -2.13. The Bertz CT molecular complexity index is 545. The van der Waals surface area contributed by atoms with Gasteiger partial charge in [-0.2, -0.15) is 0 Å². The van der Waals surface area contributed by atoms with Crippen LogP contribution in [-0.2, 0) is 6.54 Å². The second-order valence-electron chi connectivity index (χ2n) is 5.02. The molecule has 19 heavy (non-hydrogen) atoms. The largest absolute Gasteiger partial charge is 0.491 e. The summed E-state index contributed by atoms with van der Waals surface area (Å²) < 4.78 is 5.69. The minimum absolute atomic E-state index is 0.215. The number of hydrogen-bond acceptors (Lipinski definition) is 3. The lowest BCUT2D eigenvalue weighted by atomic mass is 10.2. The zero-order valence-corrected chi connectivity index (χ0v) is 12.8. The van der Waals surface area contributed by atoms with Crippen LogP contribution >= 0.6 is 11.3 Å². The normalized spacial score (nSPS) is 10.8. The van der Waals surface area contributed by atoms with Crippen molar-refractivity contribution in [3.63, 3.8) is 0 Å². The standard InChI is InChI=1S/C16H21NOS/c1-11(2)18-14-5-6-15(13(4)9-14)17-10-16-12(3)7-8-19-16/h5-9,11,17H,10H2,1-4H3. The van der Waals surface area contributed by atoms with Crippen molar-refractivity contribution in [3.05, 3.63) is 45.6 Å². The molecule has 1 heterocycles. The number of thiophene rings is 1. The van der Waals surface area contributed by atoms with E-state index in [1.54, 1.807) is 11.3 Å². The lowest BCUT2D eigenvalue weighted by Crippen LogP contribution is -2.06. The van der Waals surface area contributed by atoms with Gasteiger partial charge in [0.1, 0.15) is 5.75 Å². The van der Waals surface area contributed by atoms with Crippen LogP contribution in [-0.4, -0.2) is 6.10 Å². The van der Waals surface area contributed by atoms with Crippen LogP contribution in [0.3, 0.4) is 0 Å². The van der Waals surface area contributed by atoms with Gasteiger partial charge in [-0.3, -0.25) is 0 Å². The van der Waals surface area contributed by atoms with Crippen molar-refractivity contribution in [2.45, 2.75) is 40.3 Å². The van der Waals surface area contributed by atoms with Crippen molar-refractivity contribution < 1.29 is 4.74 Å². The molecule has 2 aromatic rings. The van der Waals surface area contributed by atoms with Crippen LogP contribution < -0.4 is 10.1 Å². The van der Waals surface area contributed by atoms with Crippen molar-refractivity contribution in [2.24, 2.45) is 0 Å². The Morgan fingerprint density at radius 1 is 1.16 bits per heavy atom. The molecule has 0 atom stereocenters. The van der Waals surface area contributed by atoms with Crippen molar-refractivity contribution in [1.29, 1.82) is 0 Å². The molecule has 102 valence electrons. The van der Waals surface area contributed by atoms with E-state index in [1.807, 2.05) is 19.9 Å². The van der Waals surface area contributed by atoms with Gasteiger partial charge in [-0.05, 0) is 68.5 Å². The molecular weight excluding hydrogens is 254 g/mol. The van der Waals surface area contributed by atoms with Gasteiger partial charge >= 0.3 is 0 Å². The third kappa shape index (κ3) is 3.74. The van der Waals surface area contributed by atoms with Crippen molar-refractivity contribution in [3.8, 4) is 5.75 Å². The molecule has 0 saturated heterocycles. The summed E-state index contributed by atoms with van der Waals surface area (Å²) in [5.74, 6) is 0.936. The number of aryl methyl sites for hydroxylation is 2. The average molecular weight is 275 g/mol. The van der Waals surface area contributed by atoms with Crippen LogP contribution in [0.1, 0.15) is 29.9 Å². The Morgan fingerprint density at radius 2 is 1.95 bits per heavy atom. The van der Waals surface area contributed by atoms with Gasteiger partial charge in [0.05, 0.1) is 6.10 Å². The Kier molecular flexibility index (Phi) is 4.48. The monoisotopic (exact) mass is 275 g/mol. The molecule has 2 rings (SSSR count). The van der Waals surface area contributed by atoms with Gasteiger partial charge < -0.3 is 10.1 Å². The molecule has 0 radical (unpaired) electrons. The Hall–Kier alpha value is -1.48. The fraction of sp³-hybridized carbons (Fsp3) is 0.375. The highest BCUT2D eigenvalue weighted by Crippen LogP contribution is 2.24. The van der Waals surface area contributed by atoms with Gasteiger partial charge in [-0.15, -0.1) is 11.3 Å². The van der Waals surface area contributed by atoms with E-state index >= 15 is 0 Å². The zero-order valence-electron chi connectivity index (χ0n) is 12.0. The maximum Gasteiger partial charge on any atom is 0.120 e. The third-order valence-corrected chi connectivity index (χ3v) is 4.00. The summed E-state index contributed by atoms with van der Waals surface area (Å²) in [5, 5.41) is 5.63. The zero-order chi connectivity index (χ0) is 13.8. The molecular formula is C16H21NOS. The molecule has 1 aromatic carbocycles. The van der Waals surface area contributed by atoms with E-state index in [1.165, 1.54) is 21.7 Å². The van der Waals surface area contributed by atoms with Crippen LogP contribution in [0.4, 0.5) is 5.69 Å². The predicted octanol–water partition coefficient (Wildman–Crippen LogP) is 4.76. The number of ether oxygens (including phenoxy) is 1. The minimum Gasteiger partial charge on any atom is -0.491 e. The first-order chi connectivity index (χ1) is 9.06. The molecule has 0 amide bonds. The first-order valence-electron chi connectivity index (χ1n) is 6.60. The molecule has 0 aliphatic carbocycles. The summed E-state index contributed by atoms with van der Waals surface area (Å²) in [4.78, 5) is 1.39. The van der Waals surface area contributed by atoms with Gasteiger partial charge in [0.15, 0.2) is 0 Å². The fourth-order valence-corrected chi connectivity index (χ4v) is 2.79. The van der Waals surface area contributed by atoms with Gasteiger partial charge in [0.25, 0.3) is 0 Å². The summed E-state index contributed by atoms with van der Waals surface area (Å²) in [5.41, 5.74) is 3.74. The summed E-state index contributed by atoms with van der Waals surface area (Å²) in [6.45, 7) is 9.23. The molecule has 0 fully saturated rings. The molecule has 0 saturated carbocycles. The van der Waals surface area contributed by atoms with E-state index < -0.39 is 0 Å². The quantitative estimate of drug-likeness (QED) is 0.849. The van der Waals surface area contributed by atoms with E-state index in [0.717, 1.165) is 12.3 Å². The highest BCUT2D eigenvalue weighted by molar-refractivity contribution is 7.10. The molecule has 0 spiro atoms. The molecule has 0 unspecified atom stereocenters. The van der Waals surface area contributed by atoms with Crippen molar-refractivity contribution in [2.75, 3.05) is 5.32 Å². The number of anilines is 1. The molecule has 3 heteroatoms. The SMILES string of the molecule is Cc1cc(OC(C)C)ccc1NCc1sccc1C. The molecule has 0 bridgehead atoms. The molecule has 1 aromatic heterocycles. The molecule has 2 nitrogen and oxygen atoms in total. The van der Waals surface area contributed by atoms with Crippen LogP contribution in [0, 0.1) is 13.8 Å². The number of nitrogens with one attached hydrogen (secondary N) is 1. The smallest absolute Gasteiger partial charge is 0.120 e. The topological polar surface area (TPSA) is 21.3 Å². The fourth-order valence-electron chi connectivity index (χ4n) is 1.94. The van der Waals surface area contributed by atoms with Crippen LogP contribution in [0.5, 0.6) is 5.75 Å². The Labute approximate surface area is 119 Å². The van der Waals surface area contributed by atoms with Gasteiger partial charge in [0.2, 0.25) is 0 Å². The highest BCUT2D eigenvalue weighted by Gasteiger charge is 2.04. The average Bonchev–Trinajstić information content (AvgIpc) is 2.73. The van der Waals surface area contributed by atoms with E-state index in [-0.39, 0.29) is 6.10 Å². The summed E-state index contributed by atoms with van der Waals surface area (Å²) in [6, 6.07) is 8.37. The summed E-state index contributed by atoms with van der Waals surface area (Å²) >= 11 is 1.80. The van der Waals surface area contributed by atoms with E-state index in [9.17, 15) is 0 Å². The highest BCUT2D eigenvalue weighted by atomic mass is 32.1. The van der Waals surface area contributed by atoms with Gasteiger partial charge in [-0.25, -0.2) is 0 Å². The molecule has 0 aliphatic rings. The Balaban J connectivity index is 2.03. The van der Waals surface area contributed by atoms with Crippen LogP contribution in [0.15, 0.2) is 29.6 Å². The predicted molar refractivity (Wildman–Crippen MR) is 83.3 cm³/mol. The third-order valence-electron chi connectivity index (χ3n) is 2.98. The minimum atomic E-state index is 0.215. The van der Waals surface area contributed by atoms with Crippen molar-refractivity contribution >= 4 is 17.0 Å². The van der Waals surface area contributed by atoms with E-state index in [2.05, 4.69) is 42.7 Å². The van der Waals surface area contributed by atoms with Gasteiger partial charge in [0, 0.05) is 17.1 Å². The number of benzene rings is 1. The summed E-state index contributed by atoms with van der Waals surface area (Å²) in [7, 11) is 0. The van der Waals surface area contributed by atoms with E-state index in [0.29, 0.717) is 0 Å². The second-order valence-corrected chi connectivity index (χ2v) is 6.02. The molecule has 1 N–H and O–H groups in total. The summed E-state index contributed by atoms with van der Waals surface area (Å²) in [6.07, 6.45) is 0.215. The Morgan fingerprint density at radius 3 is 2.53 bits per heavy atom. The van der Waals surface area contributed by atoms with Crippen LogP contribution in [0.2, 0.25) is 0 Å². The second kappa shape index (κ2) is 6.11. The van der Waals surface area contributed by atoms with Gasteiger partial charge in [-0.1, -0.05) is 0 Å². The van der Waals surface area contributed by atoms with E-state index in [4.69, 9.17) is 4.74 Å². The first-order valence-corrected chi connectivity index (χ1v) is 7.48. The lowest BCUT2D eigenvalue weighted by molar-refractivity contribution is 0.242. The molecule has 0 aliphatic heterocycles.